The maximum atomic E-state index is 12.8. The molecular formula is C23H24N2O3S. The van der Waals surface area contributed by atoms with E-state index >= 15 is 0 Å². The molecular weight excluding hydrogens is 384 g/mol. The van der Waals surface area contributed by atoms with Crippen LogP contribution in [0.2, 0.25) is 0 Å². The fourth-order valence-corrected chi connectivity index (χ4v) is 5.03. The summed E-state index contributed by atoms with van der Waals surface area (Å²) in [7, 11) is -2.93. The zero-order valence-electron chi connectivity index (χ0n) is 17.2. The summed E-state index contributed by atoms with van der Waals surface area (Å²) in [5, 5.41) is 0.493. The highest BCUT2D eigenvalue weighted by Crippen LogP contribution is 2.46. The van der Waals surface area contributed by atoms with E-state index in [2.05, 4.69) is 13.8 Å². The van der Waals surface area contributed by atoms with Crippen molar-refractivity contribution in [3.63, 3.8) is 0 Å². The van der Waals surface area contributed by atoms with Crippen molar-refractivity contribution in [2.45, 2.75) is 43.5 Å². The molecule has 0 saturated heterocycles. The van der Waals surface area contributed by atoms with Crippen molar-refractivity contribution in [2.75, 3.05) is 6.26 Å². The number of aliphatic imine (C=N–C) groups is 1. The molecule has 2 heterocycles. The average Bonchev–Trinajstić information content (AvgIpc) is 2.64. The molecule has 0 saturated carbocycles. The van der Waals surface area contributed by atoms with Gasteiger partial charge < -0.3 is 4.42 Å². The summed E-state index contributed by atoms with van der Waals surface area (Å²) in [6.45, 7) is 8.25. The topological polar surface area (TPSA) is 83.5 Å². The third kappa shape index (κ3) is 2.94. The van der Waals surface area contributed by atoms with Gasteiger partial charge in [-0.1, -0.05) is 26.0 Å². The fraction of sp³-hybridized carbons (Fsp3) is 0.304. The maximum absolute atomic E-state index is 12.8. The van der Waals surface area contributed by atoms with Crippen molar-refractivity contribution in [1.82, 2.24) is 0 Å². The van der Waals surface area contributed by atoms with Crippen LogP contribution in [-0.2, 0) is 15.1 Å². The van der Waals surface area contributed by atoms with Crippen molar-refractivity contribution in [3.05, 3.63) is 75.6 Å². The molecule has 1 aliphatic heterocycles. The van der Waals surface area contributed by atoms with Gasteiger partial charge in [-0.2, -0.15) is 0 Å². The first kappa shape index (κ1) is 19.6. The van der Waals surface area contributed by atoms with Gasteiger partial charge in [-0.05, 0) is 43.7 Å². The first-order chi connectivity index (χ1) is 13.4. The van der Waals surface area contributed by atoms with Gasteiger partial charge in [-0.25, -0.2) is 8.99 Å². The Labute approximate surface area is 170 Å². The number of nitrogens with one attached hydrogen (secondary N) is 1. The van der Waals surface area contributed by atoms with Crippen LogP contribution in [-0.4, -0.2) is 21.7 Å². The molecule has 1 unspecified atom stereocenters. The van der Waals surface area contributed by atoms with Crippen LogP contribution < -0.4 is 5.43 Å². The fourth-order valence-electron chi connectivity index (χ4n) is 3.93. The number of hydrogen-bond donors (Lipinski definition) is 1. The highest BCUT2D eigenvalue weighted by Gasteiger charge is 2.46. The largest absolute Gasteiger partial charge is 0.464 e. The molecule has 0 spiro atoms. The minimum absolute atomic E-state index is 0.110. The zero-order valence-corrected chi connectivity index (χ0v) is 18.0. The maximum Gasteiger partial charge on any atom is 0.192 e. The van der Waals surface area contributed by atoms with Crippen LogP contribution in [0.1, 0.15) is 44.4 Å². The van der Waals surface area contributed by atoms with Gasteiger partial charge in [0.1, 0.15) is 5.58 Å². The van der Waals surface area contributed by atoms with Crippen LogP contribution in [0.25, 0.3) is 11.0 Å². The quantitative estimate of drug-likeness (QED) is 0.665. The van der Waals surface area contributed by atoms with Gasteiger partial charge in [0.25, 0.3) is 0 Å². The van der Waals surface area contributed by atoms with E-state index in [1.165, 1.54) is 18.6 Å². The van der Waals surface area contributed by atoms with E-state index in [1.54, 1.807) is 18.2 Å². The van der Waals surface area contributed by atoms with Gasteiger partial charge >= 0.3 is 0 Å². The molecule has 1 N–H and O–H groups in total. The minimum atomic E-state index is -2.93. The first-order valence-corrected chi connectivity index (χ1v) is 11.4. The lowest BCUT2D eigenvalue weighted by Gasteiger charge is -2.45. The van der Waals surface area contributed by atoms with E-state index in [0.29, 0.717) is 15.9 Å². The summed E-state index contributed by atoms with van der Waals surface area (Å²) >= 11 is 0. The average molecular weight is 409 g/mol. The van der Waals surface area contributed by atoms with E-state index in [-0.39, 0.29) is 5.43 Å². The highest BCUT2D eigenvalue weighted by molar-refractivity contribution is 7.91. The Bertz CT molecular complexity index is 1350. The van der Waals surface area contributed by atoms with E-state index < -0.39 is 20.7 Å². The smallest absolute Gasteiger partial charge is 0.192 e. The summed E-state index contributed by atoms with van der Waals surface area (Å²) in [4.78, 5) is 17.9. The van der Waals surface area contributed by atoms with Crippen LogP contribution in [0.4, 0.5) is 0 Å². The number of nitrogens with zero attached hydrogens (tertiary/aromatic N) is 1. The van der Waals surface area contributed by atoms with Crippen molar-refractivity contribution < 1.29 is 8.63 Å². The molecule has 0 fully saturated rings. The van der Waals surface area contributed by atoms with Crippen molar-refractivity contribution in [3.8, 4) is 0 Å². The molecule has 1 atom stereocenters. The molecule has 4 rings (SSSR count). The van der Waals surface area contributed by atoms with Crippen molar-refractivity contribution in [2.24, 2.45) is 4.99 Å². The summed E-state index contributed by atoms with van der Waals surface area (Å²) in [6, 6.07) is 12.4. The Hall–Kier alpha value is -2.73. The second-order valence-corrected chi connectivity index (χ2v) is 10.8. The van der Waals surface area contributed by atoms with E-state index in [0.717, 1.165) is 22.4 Å². The van der Waals surface area contributed by atoms with Gasteiger partial charge in [0.15, 0.2) is 5.43 Å². The lowest BCUT2D eigenvalue weighted by atomic mass is 9.65. The molecule has 3 aromatic rings. The van der Waals surface area contributed by atoms with Gasteiger partial charge in [0.05, 0.1) is 37.5 Å². The molecule has 29 heavy (non-hydrogen) atoms. The molecule has 150 valence electrons. The SMILES string of the molecule is CC1(C)N=C(c2ccc3occc(=O)c3c2)c2cccc(S(C)(=N)=O)c2C1(C)C. The first-order valence-electron chi connectivity index (χ1n) is 9.43. The molecule has 2 aromatic carbocycles. The van der Waals surface area contributed by atoms with Gasteiger partial charge in [-0.15, -0.1) is 0 Å². The Morgan fingerprint density at radius 3 is 2.48 bits per heavy atom. The van der Waals surface area contributed by atoms with Crippen molar-refractivity contribution in [1.29, 1.82) is 4.78 Å². The molecule has 0 bridgehead atoms. The zero-order chi connectivity index (χ0) is 21.2. The monoisotopic (exact) mass is 408 g/mol. The third-order valence-electron chi connectivity index (χ3n) is 6.18. The van der Waals surface area contributed by atoms with Gasteiger partial charge in [0.2, 0.25) is 0 Å². The second-order valence-electron chi connectivity index (χ2n) is 8.66. The van der Waals surface area contributed by atoms with E-state index in [1.807, 2.05) is 32.0 Å². The molecule has 1 aromatic heterocycles. The van der Waals surface area contributed by atoms with Crippen molar-refractivity contribution >= 4 is 26.4 Å². The minimum Gasteiger partial charge on any atom is -0.464 e. The van der Waals surface area contributed by atoms with Crippen LogP contribution in [0.5, 0.6) is 0 Å². The summed E-state index contributed by atoms with van der Waals surface area (Å²) in [5.41, 5.74) is 2.75. The summed E-state index contributed by atoms with van der Waals surface area (Å²) < 4.78 is 26.5. The third-order valence-corrected chi connectivity index (χ3v) is 7.36. The molecule has 0 radical (unpaired) electrons. The van der Waals surface area contributed by atoms with Gasteiger partial charge in [-0.3, -0.25) is 9.79 Å². The molecule has 0 amide bonds. The Kier molecular flexibility index (Phi) is 4.14. The van der Waals surface area contributed by atoms with Crippen LogP contribution in [0.15, 0.2) is 67.8 Å². The van der Waals surface area contributed by atoms with E-state index in [4.69, 9.17) is 14.2 Å². The van der Waals surface area contributed by atoms with Crippen LogP contribution in [0, 0.1) is 4.78 Å². The lowest BCUT2D eigenvalue weighted by Crippen LogP contribution is -2.47. The molecule has 1 aliphatic rings. The summed E-state index contributed by atoms with van der Waals surface area (Å²) in [5.74, 6) is 0. The normalized spacial score (nSPS) is 19.3. The van der Waals surface area contributed by atoms with Crippen LogP contribution in [0.3, 0.4) is 0 Å². The second kappa shape index (κ2) is 6.13. The molecule has 6 heteroatoms. The standard InChI is InChI=1S/C23H24N2O3S/c1-22(2)20-15(7-6-8-19(20)29(5,24)27)21(25-23(22,3)4)14-9-10-18-16(13-14)17(26)11-12-28-18/h6-13,24H,1-5H3. The van der Waals surface area contributed by atoms with Crippen LogP contribution >= 0.6 is 0 Å². The Morgan fingerprint density at radius 1 is 1.07 bits per heavy atom. The predicted octanol–water partition coefficient (Wildman–Crippen LogP) is 4.74. The number of benzene rings is 2. The number of fused-ring (bicyclic) bond motifs is 2. The summed E-state index contributed by atoms with van der Waals surface area (Å²) in [6.07, 6.45) is 2.85. The van der Waals surface area contributed by atoms with E-state index in [9.17, 15) is 9.00 Å². The lowest BCUT2D eigenvalue weighted by molar-refractivity contribution is 0.299. The van der Waals surface area contributed by atoms with Gasteiger partial charge in [0, 0.05) is 28.9 Å². The predicted molar refractivity (Wildman–Crippen MR) is 117 cm³/mol. The number of rotatable bonds is 2. The molecule has 5 nitrogen and oxygen atoms in total. The molecule has 0 aliphatic carbocycles. The number of hydrogen-bond acceptors (Lipinski definition) is 5. The Balaban J connectivity index is 2.08. The Morgan fingerprint density at radius 2 is 1.79 bits per heavy atom. The highest BCUT2D eigenvalue weighted by atomic mass is 32.2.